The summed E-state index contributed by atoms with van der Waals surface area (Å²) < 4.78 is 0.902. The molecule has 0 aromatic carbocycles. The van der Waals surface area contributed by atoms with Crippen LogP contribution < -0.4 is 16.8 Å². The minimum Gasteiger partial charge on any atom is -0.382 e. The lowest BCUT2D eigenvalue weighted by molar-refractivity contribution is 0.859. The third-order valence-corrected chi connectivity index (χ3v) is 3.22. The van der Waals surface area contributed by atoms with Gasteiger partial charge in [0.25, 0.3) is 0 Å². The molecule has 5 N–H and O–H groups in total. The summed E-state index contributed by atoms with van der Waals surface area (Å²) in [5, 5.41) is 3.24. The van der Waals surface area contributed by atoms with Crippen molar-refractivity contribution in [3.63, 3.8) is 0 Å². The molecule has 19 heavy (non-hydrogen) atoms. The van der Waals surface area contributed by atoms with Gasteiger partial charge in [0.15, 0.2) is 5.82 Å². The first-order valence-corrected chi connectivity index (χ1v) is 6.85. The number of halogens is 1. The Bertz CT molecular complexity index is 599. The topological polar surface area (TPSA) is 103 Å². The van der Waals surface area contributed by atoms with Gasteiger partial charge in [0.05, 0.1) is 6.20 Å². The maximum Gasteiger partial charge on any atom is 0.222 e. The number of rotatable bonds is 3. The maximum absolute atomic E-state index is 5.82. The average molecular weight is 370 g/mol. The number of nitrogens with one attached hydrogen (secondary N) is 1. The Labute approximate surface area is 125 Å². The summed E-state index contributed by atoms with van der Waals surface area (Å²) in [6.07, 6.45) is 3.44. The van der Waals surface area contributed by atoms with Crippen LogP contribution in [-0.2, 0) is 0 Å². The van der Waals surface area contributed by atoms with Crippen LogP contribution in [0.1, 0.15) is 25.3 Å². The van der Waals surface area contributed by atoms with E-state index in [4.69, 9.17) is 11.5 Å². The fraction of sp³-hybridized carbons (Fsp3) is 0.250. The highest BCUT2D eigenvalue weighted by Gasteiger charge is 2.10. The Morgan fingerprint density at radius 2 is 1.89 bits per heavy atom. The Kier molecular flexibility index (Phi) is 4.03. The molecule has 0 spiro atoms. The van der Waals surface area contributed by atoms with E-state index in [0.29, 0.717) is 17.4 Å². The lowest BCUT2D eigenvalue weighted by Gasteiger charge is -2.15. The third-order valence-electron chi connectivity index (χ3n) is 2.63. The highest BCUT2D eigenvalue weighted by Crippen LogP contribution is 2.29. The molecule has 2 heterocycles. The first kappa shape index (κ1) is 13.8. The number of nitrogens with two attached hydrogens (primary N) is 2. The van der Waals surface area contributed by atoms with E-state index in [2.05, 4.69) is 56.7 Å². The molecule has 2 aromatic heterocycles. The van der Waals surface area contributed by atoms with E-state index in [-0.39, 0.29) is 5.95 Å². The van der Waals surface area contributed by atoms with Crippen LogP contribution in [0.4, 0.5) is 23.1 Å². The van der Waals surface area contributed by atoms with Gasteiger partial charge in [0, 0.05) is 11.9 Å². The molecule has 0 fully saturated rings. The van der Waals surface area contributed by atoms with E-state index in [9.17, 15) is 0 Å². The standard InChI is InChI=1S/C12H15IN6/c1-6(2)7-4-16-10(13)3-8(7)18-9-5-17-12(15)19-11(9)14/h3-6H,1-2H3,(H,16,18)(H4,14,15,17,19). The van der Waals surface area contributed by atoms with Gasteiger partial charge < -0.3 is 16.8 Å². The van der Waals surface area contributed by atoms with Crippen molar-refractivity contribution in [2.24, 2.45) is 0 Å². The van der Waals surface area contributed by atoms with E-state index in [1.807, 2.05) is 12.3 Å². The number of anilines is 4. The van der Waals surface area contributed by atoms with Crippen molar-refractivity contribution in [2.75, 3.05) is 16.8 Å². The zero-order valence-corrected chi connectivity index (χ0v) is 12.8. The fourth-order valence-electron chi connectivity index (χ4n) is 1.66. The summed E-state index contributed by atoms with van der Waals surface area (Å²) >= 11 is 2.17. The van der Waals surface area contributed by atoms with Crippen molar-refractivity contribution >= 4 is 45.7 Å². The lowest BCUT2D eigenvalue weighted by Crippen LogP contribution is -2.06. The lowest BCUT2D eigenvalue weighted by atomic mass is 10.0. The second-order valence-electron chi connectivity index (χ2n) is 4.40. The molecule has 0 amide bonds. The van der Waals surface area contributed by atoms with E-state index >= 15 is 0 Å². The zero-order chi connectivity index (χ0) is 14.0. The van der Waals surface area contributed by atoms with Gasteiger partial charge in [-0.3, -0.25) is 0 Å². The quantitative estimate of drug-likeness (QED) is 0.567. The van der Waals surface area contributed by atoms with Crippen molar-refractivity contribution in [3.8, 4) is 0 Å². The van der Waals surface area contributed by atoms with Gasteiger partial charge in [-0.05, 0) is 40.1 Å². The molecule has 0 saturated heterocycles. The second-order valence-corrected chi connectivity index (χ2v) is 5.51. The zero-order valence-electron chi connectivity index (χ0n) is 10.7. The van der Waals surface area contributed by atoms with Gasteiger partial charge in [-0.2, -0.15) is 4.98 Å². The molecule has 2 aromatic rings. The summed E-state index contributed by atoms with van der Waals surface area (Å²) in [4.78, 5) is 12.2. The summed E-state index contributed by atoms with van der Waals surface area (Å²) in [7, 11) is 0. The predicted molar refractivity (Wildman–Crippen MR) is 85.2 cm³/mol. The van der Waals surface area contributed by atoms with E-state index < -0.39 is 0 Å². The number of hydrogen-bond donors (Lipinski definition) is 3. The van der Waals surface area contributed by atoms with Crippen molar-refractivity contribution in [2.45, 2.75) is 19.8 Å². The summed E-state index contributed by atoms with van der Waals surface area (Å²) in [5.74, 6) is 0.841. The number of nitrogens with zero attached hydrogens (tertiary/aromatic N) is 3. The molecule has 6 nitrogen and oxygen atoms in total. The summed E-state index contributed by atoms with van der Waals surface area (Å²) in [5.41, 5.74) is 14.0. The van der Waals surface area contributed by atoms with Crippen LogP contribution in [0.2, 0.25) is 0 Å². The van der Waals surface area contributed by atoms with Crippen molar-refractivity contribution in [3.05, 3.63) is 27.7 Å². The van der Waals surface area contributed by atoms with Crippen LogP contribution in [0.15, 0.2) is 18.5 Å². The van der Waals surface area contributed by atoms with Crippen LogP contribution in [0.25, 0.3) is 0 Å². The largest absolute Gasteiger partial charge is 0.382 e. The number of hydrogen-bond acceptors (Lipinski definition) is 6. The molecular formula is C12H15IN6. The molecule has 0 atom stereocenters. The van der Waals surface area contributed by atoms with E-state index in [1.54, 1.807) is 6.20 Å². The Morgan fingerprint density at radius 3 is 2.53 bits per heavy atom. The Balaban J connectivity index is 2.39. The highest BCUT2D eigenvalue weighted by atomic mass is 127. The second kappa shape index (κ2) is 5.55. The fourth-order valence-corrected chi connectivity index (χ4v) is 2.11. The molecule has 0 aliphatic carbocycles. The molecule has 0 aliphatic rings. The van der Waals surface area contributed by atoms with Gasteiger partial charge in [-0.25, -0.2) is 9.97 Å². The molecule has 0 bridgehead atoms. The molecule has 0 saturated carbocycles. The van der Waals surface area contributed by atoms with Crippen LogP contribution in [0, 0.1) is 3.70 Å². The first-order chi connectivity index (χ1) is 8.97. The van der Waals surface area contributed by atoms with Gasteiger partial charge in [-0.15, -0.1) is 0 Å². The first-order valence-electron chi connectivity index (χ1n) is 5.78. The SMILES string of the molecule is CC(C)c1cnc(I)cc1Nc1cnc(N)nc1N. The molecule has 0 aliphatic heterocycles. The minimum atomic E-state index is 0.163. The molecular weight excluding hydrogens is 355 g/mol. The van der Waals surface area contributed by atoms with Crippen LogP contribution in [0.5, 0.6) is 0 Å². The summed E-state index contributed by atoms with van der Waals surface area (Å²) in [6, 6.07) is 1.96. The van der Waals surface area contributed by atoms with Crippen LogP contribution in [-0.4, -0.2) is 15.0 Å². The number of pyridine rings is 1. The van der Waals surface area contributed by atoms with Gasteiger partial charge in [0.2, 0.25) is 5.95 Å². The normalized spacial score (nSPS) is 10.7. The van der Waals surface area contributed by atoms with Gasteiger partial charge >= 0.3 is 0 Å². The van der Waals surface area contributed by atoms with Gasteiger partial charge in [-0.1, -0.05) is 13.8 Å². The van der Waals surface area contributed by atoms with Gasteiger partial charge in [0.1, 0.15) is 9.39 Å². The molecule has 0 unspecified atom stereocenters. The van der Waals surface area contributed by atoms with Crippen molar-refractivity contribution < 1.29 is 0 Å². The number of aromatic nitrogens is 3. The molecule has 0 radical (unpaired) electrons. The van der Waals surface area contributed by atoms with E-state index in [1.165, 1.54) is 0 Å². The predicted octanol–water partition coefficient (Wildman–Crippen LogP) is 2.51. The third kappa shape index (κ3) is 3.22. The smallest absolute Gasteiger partial charge is 0.222 e. The molecule has 7 heteroatoms. The molecule has 100 valence electrons. The van der Waals surface area contributed by atoms with E-state index in [0.717, 1.165) is 15.0 Å². The molecule has 2 rings (SSSR count). The highest BCUT2D eigenvalue weighted by molar-refractivity contribution is 14.1. The van der Waals surface area contributed by atoms with Crippen LogP contribution >= 0.6 is 22.6 Å². The number of nitrogen functional groups attached to an aromatic ring is 2. The average Bonchev–Trinajstić information content (AvgIpc) is 2.32. The summed E-state index contributed by atoms with van der Waals surface area (Å²) in [6.45, 7) is 4.22. The minimum absolute atomic E-state index is 0.163. The Morgan fingerprint density at radius 1 is 1.16 bits per heavy atom. The van der Waals surface area contributed by atoms with Crippen molar-refractivity contribution in [1.82, 2.24) is 15.0 Å². The monoisotopic (exact) mass is 370 g/mol. The van der Waals surface area contributed by atoms with Crippen molar-refractivity contribution in [1.29, 1.82) is 0 Å². The Hall–Kier alpha value is -1.64. The maximum atomic E-state index is 5.82. The van der Waals surface area contributed by atoms with Crippen LogP contribution in [0.3, 0.4) is 0 Å².